The third-order valence-corrected chi connectivity index (χ3v) is 20.5. The molecule has 1 aliphatic carbocycles. The number of hydrogen-bond acceptors (Lipinski definition) is 0. The molecule has 0 aliphatic heterocycles. The average Bonchev–Trinajstić information content (AvgIpc) is 3.57. The monoisotopic (exact) mass is 1080 g/mol. The Bertz CT molecular complexity index is 2790. The van der Waals surface area contributed by atoms with Crippen molar-refractivity contribution in [2.24, 2.45) is 0 Å². The van der Waals surface area contributed by atoms with E-state index in [-0.39, 0.29) is 58.9 Å². The van der Waals surface area contributed by atoms with Crippen molar-refractivity contribution in [1.29, 1.82) is 0 Å². The molecule has 9 aromatic rings. The van der Waals surface area contributed by atoms with Crippen LogP contribution < -0.4 is 15.6 Å². The standard InChI is InChI=1S/C69H63Si.3ClH.Ti/c1-51-50-69(4,53(3)52(51)2)70(66-44-60(35-54-23-11-5-12-24-54)41-61(45-66)36-55-25-13-6-14-26-55,67-46-62(37-56-27-15-7-16-28-56)42-63(47-67)38-57-29-17-8-18-30-57)68-48-64(39-58-31-19-9-20-32-58)43-65(49-68)40-59-33-21-10-22-34-59;;;;/h5-34,41-49H,35-40H2,1-4H3;3*1H;/q-1;;;;. The number of halogens is 3. The summed E-state index contributed by atoms with van der Waals surface area (Å²) < 4.78 is 0. The molecule has 0 heterocycles. The smallest absolute Gasteiger partial charge is 0.143 e. The van der Waals surface area contributed by atoms with Gasteiger partial charge in [-0.05, 0) is 121 Å². The van der Waals surface area contributed by atoms with Gasteiger partial charge in [0.25, 0.3) is 0 Å². The van der Waals surface area contributed by atoms with Crippen LogP contribution in [-0.4, -0.2) is 8.07 Å². The van der Waals surface area contributed by atoms with Crippen molar-refractivity contribution in [3.63, 3.8) is 0 Å². The molecule has 1 atom stereocenters. The van der Waals surface area contributed by atoms with Gasteiger partial charge in [-0.15, -0.1) is 44.1 Å². The predicted molar refractivity (Wildman–Crippen MR) is 320 cm³/mol. The first-order valence-corrected chi connectivity index (χ1v) is 27.2. The van der Waals surface area contributed by atoms with Gasteiger partial charge < -0.3 is 0 Å². The van der Waals surface area contributed by atoms with Gasteiger partial charge in [0, 0.05) is 21.7 Å². The fourth-order valence-corrected chi connectivity index (χ4v) is 17.8. The third-order valence-electron chi connectivity index (χ3n) is 15.0. The maximum Gasteiger partial charge on any atom is 0.143 e. The normalized spacial score (nSPS) is 13.9. The Morgan fingerprint density at radius 1 is 0.311 bits per heavy atom. The molecule has 0 nitrogen and oxygen atoms in total. The molecule has 10 rings (SSSR count). The molecule has 0 bridgehead atoms. The van der Waals surface area contributed by atoms with Crippen molar-refractivity contribution in [1.82, 2.24) is 0 Å². The number of benzene rings is 9. The van der Waals surface area contributed by atoms with Gasteiger partial charge in [-0.3, -0.25) is 6.08 Å². The molecular formula is C69H66Cl3SiTi-. The first-order chi connectivity index (χ1) is 34.2. The van der Waals surface area contributed by atoms with Crippen molar-refractivity contribution >= 4 is 60.9 Å². The summed E-state index contributed by atoms with van der Waals surface area (Å²) in [7, 11) is -3.34. The first-order valence-electron chi connectivity index (χ1n) is 25.2. The maximum absolute atomic E-state index is 4.39. The van der Waals surface area contributed by atoms with Gasteiger partial charge in [0.05, 0.1) is 0 Å². The Morgan fingerprint density at radius 2 is 0.514 bits per heavy atom. The molecule has 1 unspecified atom stereocenters. The van der Waals surface area contributed by atoms with Gasteiger partial charge in [-0.2, -0.15) is 11.1 Å². The Hall–Kier alpha value is -5.74. The molecule has 0 radical (unpaired) electrons. The molecule has 9 aromatic carbocycles. The van der Waals surface area contributed by atoms with Crippen LogP contribution in [0.4, 0.5) is 0 Å². The second kappa shape index (κ2) is 26.2. The van der Waals surface area contributed by atoms with Gasteiger partial charge in [0.15, 0.2) is 0 Å². The molecule has 0 saturated heterocycles. The molecular weight excluding hydrogens is 1010 g/mol. The van der Waals surface area contributed by atoms with E-state index >= 15 is 0 Å². The summed E-state index contributed by atoms with van der Waals surface area (Å²) in [5, 5.41) is 3.86. The van der Waals surface area contributed by atoms with Crippen LogP contribution >= 0.6 is 37.2 Å². The van der Waals surface area contributed by atoms with Crippen molar-refractivity contribution < 1.29 is 21.7 Å². The van der Waals surface area contributed by atoms with E-state index in [0.29, 0.717) is 0 Å². The fraction of sp³-hybridized carbons (Fsp3) is 0.159. The third kappa shape index (κ3) is 12.8. The zero-order chi connectivity index (χ0) is 47.9. The molecule has 5 heteroatoms. The van der Waals surface area contributed by atoms with E-state index in [4.69, 9.17) is 0 Å². The number of rotatable bonds is 16. The minimum atomic E-state index is -3.34. The van der Waals surface area contributed by atoms with Gasteiger partial charge in [0.1, 0.15) is 8.07 Å². The fourth-order valence-electron chi connectivity index (χ4n) is 11.5. The summed E-state index contributed by atoms with van der Waals surface area (Å²) in [6, 6.07) is 89.7. The minimum absolute atomic E-state index is 0. The van der Waals surface area contributed by atoms with Crippen LogP contribution in [0.5, 0.6) is 0 Å². The summed E-state index contributed by atoms with van der Waals surface area (Å²) >= 11 is 0. The number of allylic oxidation sites excluding steroid dienone is 4. The van der Waals surface area contributed by atoms with Crippen LogP contribution in [0.1, 0.15) is 94.5 Å². The van der Waals surface area contributed by atoms with E-state index in [1.54, 1.807) is 0 Å². The van der Waals surface area contributed by atoms with Crippen LogP contribution in [0.25, 0.3) is 0 Å². The van der Waals surface area contributed by atoms with Crippen LogP contribution in [0, 0.1) is 6.08 Å². The van der Waals surface area contributed by atoms with Crippen LogP contribution in [0.2, 0.25) is 5.04 Å². The van der Waals surface area contributed by atoms with Gasteiger partial charge >= 0.3 is 0 Å². The Morgan fingerprint density at radius 3 is 0.689 bits per heavy atom. The van der Waals surface area contributed by atoms with E-state index < -0.39 is 13.1 Å². The largest absolute Gasteiger partial charge is 0.265 e. The quantitative estimate of drug-likeness (QED) is 0.0514. The van der Waals surface area contributed by atoms with Crippen LogP contribution in [0.3, 0.4) is 0 Å². The van der Waals surface area contributed by atoms with E-state index in [1.807, 2.05) is 0 Å². The summed E-state index contributed by atoms with van der Waals surface area (Å²) in [5.41, 5.74) is 20.1. The van der Waals surface area contributed by atoms with Gasteiger partial charge in [-0.25, -0.2) is 5.57 Å². The first kappa shape index (κ1) is 57.5. The Kier molecular flexibility index (Phi) is 20.3. The zero-order valence-electron chi connectivity index (χ0n) is 43.0. The van der Waals surface area contributed by atoms with Crippen molar-refractivity contribution in [2.75, 3.05) is 0 Å². The molecule has 0 spiro atoms. The SMILES string of the molecule is CC1=[C-]C(C)([Si](c2cc(Cc3ccccc3)cc(Cc3ccccc3)c2)(c2cc(Cc3ccccc3)cc(Cc3ccccc3)c2)c2cc(Cc3ccccc3)cc(Cc3ccccc3)c2)C(C)=C1C.Cl.Cl.Cl.[Ti]. The molecule has 0 aromatic heterocycles. The molecule has 0 amide bonds. The summed E-state index contributed by atoms with van der Waals surface area (Å²) in [5.74, 6) is 0. The van der Waals surface area contributed by atoms with Crippen molar-refractivity contribution in [3.8, 4) is 0 Å². The Labute approximate surface area is 476 Å². The predicted octanol–water partition coefficient (Wildman–Crippen LogP) is 15.8. The average molecular weight is 1080 g/mol. The summed E-state index contributed by atoms with van der Waals surface area (Å²) in [6.45, 7) is 9.64. The van der Waals surface area contributed by atoms with Crippen LogP contribution in [-0.2, 0) is 60.2 Å². The molecule has 1 aliphatic rings. The van der Waals surface area contributed by atoms with E-state index in [9.17, 15) is 0 Å². The number of hydrogen-bond donors (Lipinski definition) is 0. The van der Waals surface area contributed by atoms with Gasteiger partial charge in [0.2, 0.25) is 0 Å². The van der Waals surface area contributed by atoms with E-state index in [1.165, 1.54) is 99.0 Å². The van der Waals surface area contributed by atoms with E-state index in [2.05, 4.69) is 270 Å². The van der Waals surface area contributed by atoms with Crippen molar-refractivity contribution in [3.05, 3.63) is 326 Å². The summed E-state index contributed by atoms with van der Waals surface area (Å²) in [4.78, 5) is 0. The molecule has 74 heavy (non-hydrogen) atoms. The van der Waals surface area contributed by atoms with Crippen molar-refractivity contribution in [2.45, 2.75) is 71.3 Å². The second-order valence-electron chi connectivity index (χ2n) is 20.0. The maximum atomic E-state index is 4.39. The van der Waals surface area contributed by atoms with Gasteiger partial charge in [-0.1, -0.05) is 262 Å². The summed E-state index contributed by atoms with van der Waals surface area (Å²) in [6.07, 6.45) is 9.50. The second-order valence-corrected chi connectivity index (χ2v) is 24.2. The molecule has 0 fully saturated rings. The molecule has 0 saturated carbocycles. The Balaban J connectivity index is 0.00000223. The minimum Gasteiger partial charge on any atom is -0.265 e. The molecule has 0 N–H and O–H groups in total. The molecule has 372 valence electrons. The van der Waals surface area contributed by atoms with Crippen LogP contribution in [0.15, 0.2) is 253 Å². The zero-order valence-corrected chi connectivity index (χ0v) is 48.0. The topological polar surface area (TPSA) is 0 Å². The van der Waals surface area contributed by atoms with E-state index in [0.717, 1.165) is 38.5 Å².